The van der Waals surface area contributed by atoms with Crippen molar-refractivity contribution in [2.45, 2.75) is 12.2 Å². The molecule has 100 valence electrons. The Bertz CT molecular complexity index is 412. The number of nitrogens with two attached hydrogens (primary N) is 1. The third kappa shape index (κ3) is 4.12. The second-order valence-corrected chi connectivity index (χ2v) is 5.13. The minimum absolute atomic E-state index is 0.0625. The molecule has 0 aromatic heterocycles. The van der Waals surface area contributed by atoms with Crippen LogP contribution in [0.15, 0.2) is 18.2 Å². The first-order valence-electron chi connectivity index (χ1n) is 5.55. The highest BCUT2D eigenvalue weighted by molar-refractivity contribution is 8.00. The molecule has 0 bridgehead atoms. The van der Waals surface area contributed by atoms with Crippen LogP contribution >= 0.6 is 11.8 Å². The van der Waals surface area contributed by atoms with Gasteiger partial charge in [0.1, 0.15) is 5.75 Å². The van der Waals surface area contributed by atoms with Gasteiger partial charge in [0.25, 0.3) is 0 Å². The van der Waals surface area contributed by atoms with Crippen molar-refractivity contribution in [1.82, 2.24) is 0 Å². The van der Waals surface area contributed by atoms with Gasteiger partial charge in [-0.1, -0.05) is 0 Å². The SMILES string of the molecule is COc1ccc(NC(=O)C(C)SCCO)c(N)c1. The van der Waals surface area contributed by atoms with Crippen molar-refractivity contribution in [2.24, 2.45) is 0 Å². The lowest BCUT2D eigenvalue weighted by Crippen LogP contribution is -2.23. The van der Waals surface area contributed by atoms with Crippen molar-refractivity contribution in [3.63, 3.8) is 0 Å². The molecule has 6 heteroatoms. The number of methoxy groups -OCH3 is 1. The summed E-state index contributed by atoms with van der Waals surface area (Å²) in [6.45, 7) is 1.85. The van der Waals surface area contributed by atoms with Gasteiger partial charge in [-0.3, -0.25) is 4.79 Å². The average Bonchev–Trinajstić information content (AvgIpc) is 2.38. The maximum atomic E-state index is 11.8. The Labute approximate surface area is 111 Å². The van der Waals surface area contributed by atoms with Crippen LogP contribution in [0.25, 0.3) is 0 Å². The van der Waals surface area contributed by atoms with Crippen molar-refractivity contribution in [3.05, 3.63) is 18.2 Å². The molecule has 4 N–H and O–H groups in total. The van der Waals surface area contributed by atoms with E-state index in [9.17, 15) is 4.79 Å². The normalized spacial score (nSPS) is 11.9. The predicted octanol–water partition coefficient (Wildman–Crippen LogP) is 1.33. The zero-order chi connectivity index (χ0) is 13.5. The maximum absolute atomic E-state index is 11.8. The van der Waals surface area contributed by atoms with Gasteiger partial charge >= 0.3 is 0 Å². The van der Waals surface area contributed by atoms with Crippen LogP contribution in [0.2, 0.25) is 0 Å². The molecular formula is C12H18N2O3S. The number of aliphatic hydroxyl groups is 1. The second-order valence-electron chi connectivity index (χ2n) is 3.68. The van der Waals surface area contributed by atoms with E-state index in [1.165, 1.54) is 11.8 Å². The number of thioether (sulfide) groups is 1. The van der Waals surface area contributed by atoms with Crippen LogP contribution in [-0.2, 0) is 4.79 Å². The Hall–Kier alpha value is -1.40. The first-order chi connectivity index (χ1) is 8.58. The molecule has 0 saturated carbocycles. The Morgan fingerprint density at radius 3 is 2.89 bits per heavy atom. The van der Waals surface area contributed by atoms with Crippen molar-refractivity contribution >= 4 is 29.0 Å². The Kier molecular flexibility index (Phi) is 5.80. The number of carbonyl (C=O) groups is 1. The molecule has 1 aromatic rings. The number of ether oxygens (including phenoxy) is 1. The third-order valence-corrected chi connectivity index (χ3v) is 3.48. The molecule has 1 amide bonds. The number of benzene rings is 1. The van der Waals surface area contributed by atoms with Gasteiger partial charge in [0.15, 0.2) is 0 Å². The molecular weight excluding hydrogens is 252 g/mol. The van der Waals surface area contributed by atoms with Crippen LogP contribution in [-0.4, -0.2) is 35.7 Å². The number of nitrogen functional groups attached to an aromatic ring is 1. The van der Waals surface area contributed by atoms with Crippen LogP contribution in [0, 0.1) is 0 Å². The summed E-state index contributed by atoms with van der Waals surface area (Å²) in [6.07, 6.45) is 0. The summed E-state index contributed by atoms with van der Waals surface area (Å²) in [5.41, 5.74) is 6.83. The van der Waals surface area contributed by atoms with Crippen molar-refractivity contribution in [3.8, 4) is 5.75 Å². The number of hydrogen-bond donors (Lipinski definition) is 3. The quantitative estimate of drug-likeness (QED) is 0.679. The number of hydrogen-bond acceptors (Lipinski definition) is 5. The fourth-order valence-corrected chi connectivity index (χ4v) is 1.99. The van der Waals surface area contributed by atoms with Gasteiger partial charge in [-0.25, -0.2) is 0 Å². The van der Waals surface area contributed by atoms with E-state index in [1.54, 1.807) is 32.2 Å². The number of amides is 1. The first-order valence-corrected chi connectivity index (χ1v) is 6.60. The lowest BCUT2D eigenvalue weighted by atomic mass is 10.2. The van der Waals surface area contributed by atoms with E-state index >= 15 is 0 Å². The highest BCUT2D eigenvalue weighted by atomic mass is 32.2. The van der Waals surface area contributed by atoms with Gasteiger partial charge in [-0.2, -0.15) is 0 Å². The summed E-state index contributed by atoms with van der Waals surface area (Å²) < 4.78 is 5.03. The Balaban J connectivity index is 2.64. The molecule has 5 nitrogen and oxygen atoms in total. The standard InChI is InChI=1S/C12H18N2O3S/c1-8(18-6-5-15)12(16)14-11-4-3-9(17-2)7-10(11)13/h3-4,7-8,15H,5-6,13H2,1-2H3,(H,14,16). The third-order valence-electron chi connectivity index (χ3n) is 2.34. The summed E-state index contributed by atoms with van der Waals surface area (Å²) in [5, 5.41) is 11.2. The lowest BCUT2D eigenvalue weighted by molar-refractivity contribution is -0.115. The smallest absolute Gasteiger partial charge is 0.237 e. The molecule has 1 aromatic carbocycles. The van der Waals surface area contributed by atoms with E-state index in [2.05, 4.69) is 5.32 Å². The number of anilines is 2. The molecule has 0 heterocycles. The van der Waals surface area contributed by atoms with Crippen molar-refractivity contribution in [1.29, 1.82) is 0 Å². The summed E-state index contributed by atoms with van der Waals surface area (Å²) in [4.78, 5) is 11.8. The monoisotopic (exact) mass is 270 g/mol. The van der Waals surface area contributed by atoms with Crippen LogP contribution in [0.4, 0.5) is 11.4 Å². The molecule has 0 saturated heterocycles. The van der Waals surface area contributed by atoms with E-state index in [1.807, 2.05) is 0 Å². The van der Waals surface area contributed by atoms with Crippen molar-refractivity contribution < 1.29 is 14.6 Å². The minimum Gasteiger partial charge on any atom is -0.497 e. The van der Waals surface area contributed by atoms with Gasteiger partial charge in [0, 0.05) is 11.8 Å². The van der Waals surface area contributed by atoms with Crippen LogP contribution < -0.4 is 15.8 Å². The van der Waals surface area contributed by atoms with Gasteiger partial charge in [-0.15, -0.1) is 11.8 Å². The molecule has 1 unspecified atom stereocenters. The maximum Gasteiger partial charge on any atom is 0.237 e. The molecule has 0 radical (unpaired) electrons. The fourth-order valence-electron chi connectivity index (χ4n) is 1.32. The topological polar surface area (TPSA) is 84.6 Å². The van der Waals surface area contributed by atoms with Gasteiger partial charge < -0.3 is 20.9 Å². The molecule has 1 rings (SSSR count). The molecule has 18 heavy (non-hydrogen) atoms. The highest BCUT2D eigenvalue weighted by Crippen LogP contribution is 2.24. The number of carbonyl (C=O) groups excluding carboxylic acids is 1. The Morgan fingerprint density at radius 1 is 1.61 bits per heavy atom. The zero-order valence-electron chi connectivity index (χ0n) is 10.5. The predicted molar refractivity (Wildman–Crippen MR) is 75.0 cm³/mol. The summed E-state index contributed by atoms with van der Waals surface area (Å²) in [6, 6.07) is 5.09. The molecule has 0 aliphatic carbocycles. The molecule has 0 aliphatic heterocycles. The van der Waals surface area contributed by atoms with Crippen LogP contribution in [0.5, 0.6) is 5.75 Å². The largest absolute Gasteiger partial charge is 0.497 e. The van der Waals surface area contributed by atoms with E-state index in [0.29, 0.717) is 22.9 Å². The van der Waals surface area contributed by atoms with Crippen LogP contribution in [0.3, 0.4) is 0 Å². The molecule has 1 atom stereocenters. The number of aliphatic hydroxyl groups excluding tert-OH is 1. The van der Waals surface area contributed by atoms with Gasteiger partial charge in [0.05, 0.1) is 30.3 Å². The average molecular weight is 270 g/mol. The summed E-state index contributed by atoms with van der Waals surface area (Å²) in [7, 11) is 1.56. The Morgan fingerprint density at radius 2 is 2.33 bits per heavy atom. The summed E-state index contributed by atoms with van der Waals surface area (Å²) in [5.74, 6) is 1.05. The lowest BCUT2D eigenvalue weighted by Gasteiger charge is -2.13. The molecule has 0 spiro atoms. The molecule has 0 fully saturated rings. The van der Waals surface area contributed by atoms with E-state index in [-0.39, 0.29) is 17.8 Å². The number of rotatable bonds is 6. The van der Waals surface area contributed by atoms with Gasteiger partial charge in [0.2, 0.25) is 5.91 Å². The van der Waals surface area contributed by atoms with Crippen molar-refractivity contribution in [2.75, 3.05) is 30.5 Å². The first kappa shape index (κ1) is 14.7. The minimum atomic E-state index is -0.237. The highest BCUT2D eigenvalue weighted by Gasteiger charge is 2.14. The fraction of sp³-hybridized carbons (Fsp3) is 0.417. The summed E-state index contributed by atoms with van der Waals surface area (Å²) >= 11 is 1.39. The van der Waals surface area contributed by atoms with E-state index in [4.69, 9.17) is 15.6 Å². The second kappa shape index (κ2) is 7.13. The van der Waals surface area contributed by atoms with Gasteiger partial charge in [-0.05, 0) is 19.1 Å². The van der Waals surface area contributed by atoms with E-state index in [0.717, 1.165) is 0 Å². The van der Waals surface area contributed by atoms with E-state index < -0.39 is 0 Å². The zero-order valence-corrected chi connectivity index (χ0v) is 11.3. The number of nitrogens with one attached hydrogen (secondary N) is 1. The van der Waals surface area contributed by atoms with Crippen LogP contribution in [0.1, 0.15) is 6.92 Å². The molecule has 0 aliphatic rings.